The van der Waals surface area contributed by atoms with Crippen molar-refractivity contribution < 1.29 is 0 Å². The van der Waals surface area contributed by atoms with E-state index in [0.29, 0.717) is 19.2 Å². The van der Waals surface area contributed by atoms with Gasteiger partial charge in [0.1, 0.15) is 0 Å². The molecule has 3 heteroatoms. The van der Waals surface area contributed by atoms with Gasteiger partial charge in [0.25, 0.3) is 0 Å². The van der Waals surface area contributed by atoms with Crippen LogP contribution < -0.4 is 4.98 Å². The average Bonchev–Trinajstić information content (AvgIpc) is 1.76. The van der Waals surface area contributed by atoms with Gasteiger partial charge in [-0.15, -0.1) is 0 Å². The van der Waals surface area contributed by atoms with Gasteiger partial charge in [0.2, 0.25) is 0 Å². The van der Waals surface area contributed by atoms with Gasteiger partial charge in [-0.25, -0.2) is 0 Å². The quantitative estimate of drug-likeness (QED) is 0.356. The molecule has 0 aliphatic carbocycles. The number of hydrogen-bond donors (Lipinski definition) is 1. The summed E-state index contributed by atoms with van der Waals surface area (Å²) in [6.07, 6.45) is 1.45. The van der Waals surface area contributed by atoms with Crippen LogP contribution in [-0.2, 0) is 0 Å². The molecule has 0 aromatic carbocycles. The van der Waals surface area contributed by atoms with E-state index in [0.717, 1.165) is 0 Å². The average molecular weight is 103 g/mol. The Morgan fingerprint density at radius 3 is 2.80 bits per heavy atom. The Bertz CT molecular complexity index is 19.2. The summed E-state index contributed by atoms with van der Waals surface area (Å²) < 4.78 is 0. The first-order valence-corrected chi connectivity index (χ1v) is 5.91. The van der Waals surface area contributed by atoms with Crippen LogP contribution in [-0.4, -0.2) is 25.4 Å². The summed E-state index contributed by atoms with van der Waals surface area (Å²) in [6, 6.07) is 0. The maximum Gasteiger partial charge on any atom is 0.0882 e. The topological polar surface area (TPSA) is 12.0 Å². The summed E-state index contributed by atoms with van der Waals surface area (Å²) in [5.74, 6) is 0. The van der Waals surface area contributed by atoms with Crippen LogP contribution in [0.3, 0.4) is 0 Å². The van der Waals surface area contributed by atoms with Gasteiger partial charge in [0.15, 0.2) is 0 Å². The van der Waals surface area contributed by atoms with Gasteiger partial charge in [0.05, 0.1) is 9.68 Å². The van der Waals surface area contributed by atoms with Crippen molar-refractivity contribution >= 4 is 19.2 Å². The highest BCUT2D eigenvalue weighted by atomic mass is 28.3. The molecule has 0 aromatic rings. The summed E-state index contributed by atoms with van der Waals surface area (Å²) in [6.45, 7) is 0. The molecule has 1 fully saturated rings. The molecule has 30 valence electrons. The maximum absolute atomic E-state index is 3.42. The predicted octanol–water partition coefficient (Wildman–Crippen LogP) is -1.82. The first-order chi connectivity index (χ1) is 2.50. The zero-order valence-electron chi connectivity index (χ0n) is 3.33. The number of rotatable bonds is 0. The Morgan fingerprint density at radius 2 is 2.60 bits per heavy atom. The van der Waals surface area contributed by atoms with Crippen molar-refractivity contribution in [2.24, 2.45) is 0 Å². The second kappa shape index (κ2) is 1.74. The molecule has 0 radical (unpaired) electrons. The summed E-state index contributed by atoms with van der Waals surface area (Å²) in [4.78, 5) is 3.42. The third kappa shape index (κ3) is 0.865. The zero-order valence-corrected chi connectivity index (χ0v) is 6.16. The Hall–Kier alpha value is 0.394. The van der Waals surface area contributed by atoms with E-state index >= 15 is 0 Å². The maximum atomic E-state index is 3.42. The van der Waals surface area contributed by atoms with Gasteiger partial charge in [-0.05, 0) is 6.17 Å². The molecule has 1 saturated heterocycles. The van der Waals surface area contributed by atoms with Crippen LogP contribution in [0.5, 0.6) is 0 Å². The fourth-order valence-electron chi connectivity index (χ4n) is 0.625. The molecular formula is C2H9NSi2. The minimum absolute atomic E-state index is 0.355. The minimum atomic E-state index is 0.355. The van der Waals surface area contributed by atoms with Crippen molar-refractivity contribution in [1.29, 1.82) is 0 Å². The summed E-state index contributed by atoms with van der Waals surface area (Å²) in [5, 5.41) is 0. The lowest BCUT2D eigenvalue weighted by Crippen LogP contribution is -2.09. The van der Waals surface area contributed by atoms with Gasteiger partial charge >= 0.3 is 0 Å². The Labute approximate surface area is 36.9 Å². The molecule has 0 amide bonds. The highest BCUT2D eigenvalue weighted by molar-refractivity contribution is 6.59. The Morgan fingerprint density at radius 1 is 1.60 bits per heavy atom. The van der Waals surface area contributed by atoms with Gasteiger partial charge < -0.3 is 4.98 Å². The first kappa shape index (κ1) is 3.58. The van der Waals surface area contributed by atoms with Crippen LogP contribution >= 0.6 is 0 Å². The molecule has 0 aromatic heterocycles. The first-order valence-electron chi connectivity index (χ1n) is 2.21. The minimum Gasteiger partial charge on any atom is -0.345 e. The molecule has 1 N–H and O–H groups in total. The predicted molar refractivity (Wildman–Crippen MR) is 29.9 cm³/mol. The monoisotopic (exact) mass is 103 g/mol. The molecule has 1 aliphatic rings. The fraction of sp³-hybridized carbons (Fsp3) is 1.00. The van der Waals surface area contributed by atoms with Crippen molar-refractivity contribution in [3.63, 3.8) is 0 Å². The van der Waals surface area contributed by atoms with Crippen molar-refractivity contribution in [2.75, 3.05) is 6.17 Å². The smallest absolute Gasteiger partial charge is 0.0882 e. The lowest BCUT2D eigenvalue weighted by atomic mass is 11.5. The molecule has 1 nitrogen and oxygen atoms in total. The molecular weight excluding hydrogens is 94.2 g/mol. The normalized spacial score (nSPS) is 33.6. The summed E-state index contributed by atoms with van der Waals surface area (Å²) in [5.41, 5.74) is 1.67. The van der Waals surface area contributed by atoms with Crippen molar-refractivity contribution in [3.8, 4) is 0 Å². The molecule has 0 unspecified atom stereocenters. The molecule has 1 heterocycles. The van der Waals surface area contributed by atoms with Crippen LogP contribution in [0.4, 0.5) is 0 Å². The van der Waals surface area contributed by atoms with Gasteiger partial charge in [0, 0.05) is 9.52 Å². The van der Waals surface area contributed by atoms with Crippen LogP contribution in [0.25, 0.3) is 0 Å². The second-order valence-electron chi connectivity index (χ2n) is 1.46. The molecule has 0 saturated carbocycles. The van der Waals surface area contributed by atoms with Gasteiger partial charge in [-0.1, -0.05) is 5.67 Å². The van der Waals surface area contributed by atoms with Crippen molar-refractivity contribution in [1.82, 2.24) is 4.98 Å². The Kier molecular flexibility index (Phi) is 1.25. The molecule has 0 atom stereocenters. The second-order valence-corrected chi connectivity index (χ2v) is 6.49. The summed E-state index contributed by atoms with van der Waals surface area (Å²) >= 11 is 0. The highest BCUT2D eigenvalue weighted by Gasteiger charge is 1.95. The zero-order chi connectivity index (χ0) is 3.54. The summed E-state index contributed by atoms with van der Waals surface area (Å²) in [7, 11) is 0.849. The van der Waals surface area contributed by atoms with E-state index < -0.39 is 0 Å². The lowest BCUT2D eigenvalue weighted by molar-refractivity contribution is 1.20. The fourth-order valence-corrected chi connectivity index (χ4v) is 5.62. The van der Waals surface area contributed by atoms with E-state index in [1.807, 2.05) is 0 Å². The molecule has 0 spiro atoms. The third-order valence-corrected chi connectivity index (χ3v) is 6.49. The van der Waals surface area contributed by atoms with E-state index in [1.165, 1.54) is 6.17 Å². The number of nitrogens with one attached hydrogen (secondary N) is 1. The van der Waals surface area contributed by atoms with Crippen LogP contribution in [0, 0.1) is 0 Å². The van der Waals surface area contributed by atoms with Gasteiger partial charge in [-0.3, -0.25) is 0 Å². The van der Waals surface area contributed by atoms with E-state index in [9.17, 15) is 0 Å². The highest BCUT2D eigenvalue weighted by Crippen LogP contribution is 1.76. The van der Waals surface area contributed by atoms with Crippen molar-refractivity contribution in [2.45, 2.75) is 5.67 Å². The van der Waals surface area contributed by atoms with E-state index in [1.54, 1.807) is 5.67 Å². The van der Waals surface area contributed by atoms with Gasteiger partial charge in [-0.2, -0.15) is 0 Å². The molecule has 5 heavy (non-hydrogen) atoms. The van der Waals surface area contributed by atoms with E-state index in [-0.39, 0.29) is 0 Å². The largest absolute Gasteiger partial charge is 0.345 e. The lowest BCUT2D eigenvalue weighted by Gasteiger charge is -1.75. The third-order valence-electron chi connectivity index (χ3n) is 0.957. The molecule has 0 bridgehead atoms. The SMILES string of the molecule is C1N[SiH2]C[SiH2]1. The van der Waals surface area contributed by atoms with Crippen LogP contribution in [0.1, 0.15) is 0 Å². The van der Waals surface area contributed by atoms with Crippen molar-refractivity contribution in [3.05, 3.63) is 0 Å². The van der Waals surface area contributed by atoms with E-state index in [2.05, 4.69) is 4.98 Å². The number of hydrogen-bond acceptors (Lipinski definition) is 1. The molecule has 1 rings (SSSR count). The van der Waals surface area contributed by atoms with Crippen LogP contribution in [0.15, 0.2) is 0 Å². The van der Waals surface area contributed by atoms with Crippen LogP contribution in [0.2, 0.25) is 5.67 Å². The standard InChI is InChI=1S/C2H9NSi2/c1-3-5-2-4-1/h3H,1-2,4-5H2. The Balaban J connectivity index is 2.08. The van der Waals surface area contributed by atoms with E-state index in [4.69, 9.17) is 0 Å². The molecule has 1 aliphatic heterocycles.